The first-order chi connectivity index (χ1) is 14.0. The molecule has 5 nitrogen and oxygen atoms in total. The second kappa shape index (κ2) is 9.59. The molecule has 154 valence electrons. The molecule has 0 spiro atoms. The molecule has 0 radical (unpaired) electrons. The maximum atomic E-state index is 12.7. The maximum Gasteiger partial charge on any atom is 0.317 e. The number of likely N-dealkylation sites (tertiary alicyclic amines) is 1. The topological polar surface area (TPSA) is 61.4 Å². The van der Waals surface area contributed by atoms with Crippen LogP contribution in [0.5, 0.6) is 0 Å². The van der Waals surface area contributed by atoms with E-state index in [2.05, 4.69) is 54.8 Å². The van der Waals surface area contributed by atoms with Crippen molar-refractivity contribution in [1.29, 1.82) is 0 Å². The lowest BCUT2D eigenvalue weighted by atomic mass is 9.89. The van der Waals surface area contributed by atoms with Crippen molar-refractivity contribution >= 4 is 11.9 Å². The molecule has 5 heteroatoms. The van der Waals surface area contributed by atoms with Gasteiger partial charge in [0.2, 0.25) is 0 Å². The van der Waals surface area contributed by atoms with Gasteiger partial charge in [0.25, 0.3) is 5.91 Å². The normalized spacial score (nSPS) is 16.6. The third-order valence-electron chi connectivity index (χ3n) is 5.64. The summed E-state index contributed by atoms with van der Waals surface area (Å²) in [6.45, 7) is 6.32. The van der Waals surface area contributed by atoms with E-state index in [1.807, 2.05) is 23.1 Å². The van der Waals surface area contributed by atoms with Crippen LogP contribution >= 0.6 is 0 Å². The summed E-state index contributed by atoms with van der Waals surface area (Å²) in [6.07, 6.45) is 2.00. The van der Waals surface area contributed by atoms with Gasteiger partial charge in [0.15, 0.2) is 0 Å². The van der Waals surface area contributed by atoms with Gasteiger partial charge in [-0.1, -0.05) is 50.2 Å². The maximum absolute atomic E-state index is 12.7. The molecule has 1 atom stereocenters. The van der Waals surface area contributed by atoms with Crippen LogP contribution in [0.2, 0.25) is 0 Å². The molecule has 1 fully saturated rings. The largest absolute Gasteiger partial charge is 0.348 e. The summed E-state index contributed by atoms with van der Waals surface area (Å²) >= 11 is 0. The number of carbonyl (C=O) groups excluding carboxylic acids is 2. The summed E-state index contributed by atoms with van der Waals surface area (Å²) in [5.41, 5.74) is 4.17. The van der Waals surface area contributed by atoms with Gasteiger partial charge >= 0.3 is 6.03 Å². The highest BCUT2D eigenvalue weighted by Gasteiger charge is 2.24. The van der Waals surface area contributed by atoms with Crippen LogP contribution in [0.15, 0.2) is 48.5 Å². The highest BCUT2D eigenvalue weighted by molar-refractivity contribution is 5.94. The summed E-state index contributed by atoms with van der Waals surface area (Å²) in [7, 11) is 1.66. The standard InChI is InChI=1S/C24H31N3O2/c1-17(2)19-11-9-18(10-12-19)15-26-23(28)21-7-4-6-20(14-21)22-8-5-13-27(16-22)24(29)25-3/h4,6-7,9-12,14,17,22H,5,8,13,15-16H2,1-3H3,(H,25,29)(H,26,28)/t22-/m1/s1. The fourth-order valence-electron chi connectivity index (χ4n) is 3.83. The van der Waals surface area contributed by atoms with Crippen molar-refractivity contribution in [3.63, 3.8) is 0 Å². The minimum atomic E-state index is -0.0706. The molecular weight excluding hydrogens is 362 g/mol. The van der Waals surface area contributed by atoms with E-state index in [4.69, 9.17) is 0 Å². The zero-order valence-electron chi connectivity index (χ0n) is 17.6. The smallest absolute Gasteiger partial charge is 0.317 e. The molecule has 0 unspecified atom stereocenters. The van der Waals surface area contributed by atoms with Gasteiger partial charge in [-0.25, -0.2) is 4.79 Å². The number of hydrogen-bond donors (Lipinski definition) is 2. The molecule has 1 heterocycles. The lowest BCUT2D eigenvalue weighted by Crippen LogP contribution is -2.43. The highest BCUT2D eigenvalue weighted by Crippen LogP contribution is 2.27. The van der Waals surface area contributed by atoms with Crippen molar-refractivity contribution in [3.8, 4) is 0 Å². The van der Waals surface area contributed by atoms with Gasteiger partial charge in [-0.15, -0.1) is 0 Å². The fourth-order valence-corrected chi connectivity index (χ4v) is 3.83. The van der Waals surface area contributed by atoms with Crippen LogP contribution in [-0.4, -0.2) is 37.0 Å². The van der Waals surface area contributed by atoms with Crippen molar-refractivity contribution in [3.05, 3.63) is 70.8 Å². The summed E-state index contributed by atoms with van der Waals surface area (Å²) in [6, 6.07) is 16.1. The zero-order valence-corrected chi connectivity index (χ0v) is 17.6. The average Bonchev–Trinajstić information content (AvgIpc) is 2.77. The van der Waals surface area contributed by atoms with Crippen LogP contribution < -0.4 is 10.6 Å². The Morgan fingerprint density at radius 3 is 2.59 bits per heavy atom. The number of rotatable bonds is 5. The molecule has 3 rings (SSSR count). The van der Waals surface area contributed by atoms with E-state index in [1.165, 1.54) is 5.56 Å². The number of hydrogen-bond acceptors (Lipinski definition) is 2. The van der Waals surface area contributed by atoms with E-state index in [9.17, 15) is 9.59 Å². The quantitative estimate of drug-likeness (QED) is 0.797. The van der Waals surface area contributed by atoms with Crippen LogP contribution in [0.4, 0.5) is 4.79 Å². The SMILES string of the molecule is CNC(=O)N1CCC[C@@H](c2cccc(C(=O)NCc3ccc(C(C)C)cc3)c2)C1. The van der Waals surface area contributed by atoms with E-state index in [0.717, 1.165) is 30.5 Å². The van der Waals surface area contributed by atoms with Crippen molar-refractivity contribution in [2.24, 2.45) is 0 Å². The molecule has 0 aliphatic carbocycles. The number of amides is 3. The monoisotopic (exact) mass is 393 g/mol. The lowest BCUT2D eigenvalue weighted by Gasteiger charge is -2.32. The zero-order chi connectivity index (χ0) is 20.8. The molecule has 1 aliphatic heterocycles. The van der Waals surface area contributed by atoms with Gasteiger partial charge in [-0.2, -0.15) is 0 Å². The minimum absolute atomic E-state index is 0.0351. The first kappa shape index (κ1) is 20.9. The summed E-state index contributed by atoms with van der Waals surface area (Å²) in [5, 5.41) is 5.72. The molecule has 2 N–H and O–H groups in total. The molecule has 0 saturated carbocycles. The van der Waals surface area contributed by atoms with E-state index in [-0.39, 0.29) is 17.9 Å². The number of urea groups is 1. The Balaban J connectivity index is 1.62. The third kappa shape index (κ3) is 5.37. The predicted molar refractivity (Wildman–Crippen MR) is 116 cm³/mol. The van der Waals surface area contributed by atoms with Gasteiger partial charge in [0.1, 0.15) is 0 Å². The van der Waals surface area contributed by atoms with E-state index < -0.39 is 0 Å². The van der Waals surface area contributed by atoms with Crippen molar-refractivity contribution < 1.29 is 9.59 Å². The second-order valence-electron chi connectivity index (χ2n) is 8.04. The Hall–Kier alpha value is -2.82. The van der Waals surface area contributed by atoms with Crippen molar-refractivity contribution in [1.82, 2.24) is 15.5 Å². The number of piperidine rings is 1. The van der Waals surface area contributed by atoms with Crippen molar-refractivity contribution in [2.45, 2.75) is 45.1 Å². The second-order valence-corrected chi connectivity index (χ2v) is 8.04. The summed E-state index contributed by atoms with van der Waals surface area (Å²) < 4.78 is 0. The summed E-state index contributed by atoms with van der Waals surface area (Å²) in [4.78, 5) is 26.5. The van der Waals surface area contributed by atoms with E-state index >= 15 is 0 Å². The molecule has 2 aromatic rings. The van der Waals surface area contributed by atoms with Gasteiger partial charge < -0.3 is 15.5 Å². The molecule has 2 aromatic carbocycles. The van der Waals surface area contributed by atoms with Gasteiger partial charge in [-0.05, 0) is 47.6 Å². The molecule has 1 saturated heterocycles. The minimum Gasteiger partial charge on any atom is -0.348 e. The molecule has 1 aliphatic rings. The van der Waals surface area contributed by atoms with E-state index in [0.29, 0.717) is 24.6 Å². The number of carbonyl (C=O) groups is 2. The Kier molecular flexibility index (Phi) is 6.91. The van der Waals surface area contributed by atoms with Crippen LogP contribution in [-0.2, 0) is 6.54 Å². The molecular formula is C24H31N3O2. The van der Waals surface area contributed by atoms with Crippen LogP contribution in [0.1, 0.15) is 65.6 Å². The average molecular weight is 394 g/mol. The Labute approximate surface area is 173 Å². The lowest BCUT2D eigenvalue weighted by molar-refractivity contribution is 0.0950. The first-order valence-electron chi connectivity index (χ1n) is 10.4. The Morgan fingerprint density at radius 1 is 1.14 bits per heavy atom. The fraction of sp³-hybridized carbons (Fsp3) is 0.417. The van der Waals surface area contributed by atoms with Crippen molar-refractivity contribution in [2.75, 3.05) is 20.1 Å². The number of nitrogens with zero attached hydrogens (tertiary/aromatic N) is 1. The molecule has 0 aromatic heterocycles. The Morgan fingerprint density at radius 2 is 1.90 bits per heavy atom. The highest BCUT2D eigenvalue weighted by atomic mass is 16.2. The predicted octanol–water partition coefficient (Wildman–Crippen LogP) is 4.26. The Bertz CT molecular complexity index is 845. The number of nitrogens with one attached hydrogen (secondary N) is 2. The van der Waals surface area contributed by atoms with Crippen LogP contribution in [0.25, 0.3) is 0 Å². The molecule has 3 amide bonds. The summed E-state index contributed by atoms with van der Waals surface area (Å²) in [5.74, 6) is 0.691. The van der Waals surface area contributed by atoms with Gasteiger partial charge in [0, 0.05) is 38.2 Å². The number of benzene rings is 2. The van der Waals surface area contributed by atoms with Crippen LogP contribution in [0, 0.1) is 0 Å². The molecule has 0 bridgehead atoms. The van der Waals surface area contributed by atoms with Gasteiger partial charge in [-0.3, -0.25) is 4.79 Å². The first-order valence-corrected chi connectivity index (χ1v) is 10.4. The van der Waals surface area contributed by atoms with E-state index in [1.54, 1.807) is 7.05 Å². The molecule has 29 heavy (non-hydrogen) atoms. The van der Waals surface area contributed by atoms with Gasteiger partial charge in [0.05, 0.1) is 0 Å². The van der Waals surface area contributed by atoms with Crippen LogP contribution in [0.3, 0.4) is 0 Å². The third-order valence-corrected chi connectivity index (χ3v) is 5.64.